The quantitative estimate of drug-likeness (QED) is 0.444. The molecule has 3 unspecified atom stereocenters. The maximum absolute atomic E-state index is 13.1. The molecule has 33 heavy (non-hydrogen) atoms. The molecule has 0 amide bonds. The zero-order chi connectivity index (χ0) is 23.1. The van der Waals surface area contributed by atoms with Crippen LogP contribution in [0.25, 0.3) is 0 Å². The summed E-state index contributed by atoms with van der Waals surface area (Å²) in [6.45, 7) is 3.96. The first-order valence-corrected chi connectivity index (χ1v) is 10.9. The van der Waals surface area contributed by atoms with Crippen molar-refractivity contribution in [3.8, 4) is 0 Å². The topological polar surface area (TPSA) is 67.6 Å². The summed E-state index contributed by atoms with van der Waals surface area (Å²) in [6, 6.07) is 17.0. The maximum atomic E-state index is 13.1. The summed E-state index contributed by atoms with van der Waals surface area (Å²) >= 11 is 0. The number of nitrogens with two attached hydrogens (primary N) is 1. The number of rotatable bonds is 4. The van der Waals surface area contributed by atoms with Crippen LogP contribution in [0, 0.1) is 31.2 Å². The molecule has 0 aliphatic heterocycles. The molecular weight excluding hydrogens is 452 g/mol. The van der Waals surface area contributed by atoms with E-state index >= 15 is 0 Å². The largest absolute Gasteiger partial charge is 1.00 e. The van der Waals surface area contributed by atoms with E-state index < -0.39 is 11.7 Å². The molecule has 8 heteroatoms. The zero-order valence-corrected chi connectivity index (χ0v) is 22.5. The Morgan fingerprint density at radius 1 is 1.18 bits per heavy atom. The van der Waals surface area contributed by atoms with Gasteiger partial charge in [0.05, 0.1) is 0 Å². The van der Waals surface area contributed by atoms with Crippen LogP contribution >= 0.6 is 0 Å². The number of benzene rings is 2. The SMILES string of the molecule is CCC1CCC([CH-]c2ccccc2)C(c2[c-]ccc(C(F)(F)F)c2)C1.Cc1nc(N)n[nH]1.[K+]. The average Bonchev–Trinajstić information content (AvgIpc) is 3.17. The number of nitrogens with zero attached hydrogens (tertiary/aromatic N) is 2. The Morgan fingerprint density at radius 3 is 2.45 bits per heavy atom. The molecule has 4 rings (SSSR count). The summed E-state index contributed by atoms with van der Waals surface area (Å²) < 4.78 is 39.3. The number of alkyl halides is 3. The summed E-state index contributed by atoms with van der Waals surface area (Å²) in [5.74, 6) is 1.98. The smallest absolute Gasteiger partial charge is 0.367 e. The number of aromatic amines is 1. The molecule has 1 fully saturated rings. The number of halogens is 3. The summed E-state index contributed by atoms with van der Waals surface area (Å²) in [5.41, 5.74) is 6.39. The molecule has 0 bridgehead atoms. The number of H-pyrrole nitrogens is 1. The number of nitrogens with one attached hydrogen (secondary N) is 1. The van der Waals surface area contributed by atoms with Crippen molar-refractivity contribution in [1.82, 2.24) is 15.2 Å². The van der Waals surface area contributed by atoms with Gasteiger partial charge in [-0.2, -0.15) is 72.1 Å². The predicted molar refractivity (Wildman–Crippen MR) is 120 cm³/mol. The van der Waals surface area contributed by atoms with E-state index in [2.05, 4.69) is 46.7 Å². The monoisotopic (exact) mass is 481 g/mol. The van der Waals surface area contributed by atoms with Crippen LogP contribution in [0.15, 0.2) is 48.5 Å². The summed E-state index contributed by atoms with van der Waals surface area (Å²) in [4.78, 5) is 3.72. The standard InChI is InChI=1S/C22H23F3.C3H6N4.K/c1-2-16-11-12-19(13-17-7-4-3-5-8-17)21(14-16)18-9-6-10-20(15-18)22(23,24)25;1-2-5-3(4)7-6-2;/h3-8,10,13,15-16,19,21H,2,11-12,14H2,1H3;1H3,(H3,4,5,6,7);/q-2;;+1. The van der Waals surface area contributed by atoms with Crippen molar-refractivity contribution < 1.29 is 64.6 Å². The van der Waals surface area contributed by atoms with Gasteiger partial charge in [-0.25, -0.2) is 0 Å². The van der Waals surface area contributed by atoms with Gasteiger partial charge in [0.2, 0.25) is 5.95 Å². The molecule has 0 saturated heterocycles. The van der Waals surface area contributed by atoms with Gasteiger partial charge in [-0.15, -0.1) is 17.2 Å². The van der Waals surface area contributed by atoms with Crippen molar-refractivity contribution >= 4 is 5.95 Å². The molecule has 1 aliphatic carbocycles. The second-order valence-electron chi connectivity index (χ2n) is 8.24. The van der Waals surface area contributed by atoms with Gasteiger partial charge < -0.3 is 5.73 Å². The molecule has 3 N–H and O–H groups in total. The van der Waals surface area contributed by atoms with Gasteiger partial charge in [0, 0.05) is 0 Å². The molecule has 1 aromatic heterocycles. The van der Waals surface area contributed by atoms with E-state index in [1.54, 1.807) is 6.92 Å². The number of nitrogen functional groups attached to an aromatic ring is 1. The molecule has 0 radical (unpaired) electrons. The van der Waals surface area contributed by atoms with Crippen LogP contribution < -0.4 is 57.1 Å². The minimum absolute atomic E-state index is 0. The van der Waals surface area contributed by atoms with Gasteiger partial charge in [0.15, 0.2) is 0 Å². The van der Waals surface area contributed by atoms with Gasteiger partial charge in [-0.3, -0.25) is 5.10 Å². The molecule has 172 valence electrons. The third kappa shape index (κ3) is 8.44. The first kappa shape index (κ1) is 27.9. The van der Waals surface area contributed by atoms with E-state index in [4.69, 9.17) is 5.73 Å². The third-order valence-corrected chi connectivity index (χ3v) is 5.96. The van der Waals surface area contributed by atoms with Gasteiger partial charge in [-0.1, -0.05) is 43.7 Å². The van der Waals surface area contributed by atoms with Crippen LogP contribution in [0.2, 0.25) is 0 Å². The van der Waals surface area contributed by atoms with Crippen molar-refractivity contribution in [2.24, 2.45) is 11.8 Å². The molecule has 0 spiro atoms. The summed E-state index contributed by atoms with van der Waals surface area (Å²) in [7, 11) is 0. The van der Waals surface area contributed by atoms with Crippen LogP contribution in [0.1, 0.15) is 61.0 Å². The van der Waals surface area contributed by atoms with Crippen molar-refractivity contribution in [2.75, 3.05) is 5.73 Å². The minimum Gasteiger partial charge on any atom is -0.367 e. The normalized spacial score (nSPS) is 20.2. The van der Waals surface area contributed by atoms with Crippen LogP contribution in [0.5, 0.6) is 0 Å². The maximum Gasteiger partial charge on any atom is 1.00 e. The number of anilines is 1. The molecule has 3 atom stereocenters. The zero-order valence-electron chi connectivity index (χ0n) is 19.4. The van der Waals surface area contributed by atoms with Crippen LogP contribution in [-0.4, -0.2) is 15.2 Å². The third-order valence-electron chi connectivity index (χ3n) is 5.96. The Hall–Kier alpha value is -1.32. The number of aryl methyl sites for hydroxylation is 1. The second-order valence-corrected chi connectivity index (χ2v) is 8.24. The second kappa shape index (κ2) is 12.9. The Kier molecular flexibility index (Phi) is 11.0. The fourth-order valence-corrected chi connectivity index (χ4v) is 4.26. The Labute approximate surface area is 236 Å². The molecule has 2 aromatic carbocycles. The van der Waals surface area contributed by atoms with E-state index in [0.29, 0.717) is 17.4 Å². The molecular formula is C25H29F3KN4-. The molecule has 1 heterocycles. The predicted octanol–water partition coefficient (Wildman–Crippen LogP) is 3.37. The van der Waals surface area contributed by atoms with Crippen molar-refractivity contribution in [2.45, 2.75) is 51.6 Å². The number of hydrogen-bond donors (Lipinski definition) is 2. The van der Waals surface area contributed by atoms with Crippen molar-refractivity contribution in [3.63, 3.8) is 0 Å². The molecule has 1 aliphatic rings. The van der Waals surface area contributed by atoms with Gasteiger partial charge in [0.25, 0.3) is 0 Å². The van der Waals surface area contributed by atoms with Crippen LogP contribution in [-0.2, 0) is 6.18 Å². The minimum atomic E-state index is -4.30. The van der Waals surface area contributed by atoms with E-state index in [1.807, 2.05) is 18.2 Å². The van der Waals surface area contributed by atoms with E-state index in [0.717, 1.165) is 43.1 Å². The summed E-state index contributed by atoms with van der Waals surface area (Å²) in [6.07, 6.45) is 2.09. The number of hydrogen-bond acceptors (Lipinski definition) is 3. The van der Waals surface area contributed by atoms with Crippen molar-refractivity contribution in [3.05, 3.63) is 83.5 Å². The van der Waals surface area contributed by atoms with Crippen LogP contribution in [0.4, 0.5) is 19.1 Å². The first-order chi connectivity index (χ1) is 15.3. The van der Waals surface area contributed by atoms with E-state index in [9.17, 15) is 13.2 Å². The van der Waals surface area contributed by atoms with Gasteiger partial charge in [0.1, 0.15) is 5.82 Å². The summed E-state index contributed by atoms with van der Waals surface area (Å²) in [5, 5.41) is 6.14. The van der Waals surface area contributed by atoms with Crippen molar-refractivity contribution in [1.29, 1.82) is 0 Å². The Balaban J connectivity index is 0.000000413. The van der Waals surface area contributed by atoms with Gasteiger partial charge in [-0.05, 0) is 25.2 Å². The van der Waals surface area contributed by atoms with E-state index in [-0.39, 0.29) is 63.2 Å². The van der Waals surface area contributed by atoms with Crippen LogP contribution in [0.3, 0.4) is 0 Å². The molecule has 3 aromatic rings. The Morgan fingerprint density at radius 2 is 1.91 bits per heavy atom. The molecule has 1 saturated carbocycles. The Bertz CT molecular complexity index is 959. The fraction of sp³-hybridized carbons (Fsp3) is 0.400. The number of aromatic nitrogens is 3. The first-order valence-electron chi connectivity index (χ1n) is 10.9. The van der Waals surface area contributed by atoms with Gasteiger partial charge >= 0.3 is 57.6 Å². The molecule has 4 nitrogen and oxygen atoms in total. The average molecular weight is 482 g/mol. The van der Waals surface area contributed by atoms with E-state index in [1.165, 1.54) is 12.1 Å². The fourth-order valence-electron chi connectivity index (χ4n) is 4.26.